The number of halogens is 3. The third-order valence-electron chi connectivity index (χ3n) is 3.78. The van der Waals surface area contributed by atoms with Crippen LogP contribution in [-0.4, -0.2) is 30.1 Å². The monoisotopic (exact) mass is 316 g/mol. The lowest BCUT2D eigenvalue weighted by Gasteiger charge is -2.22. The predicted molar refractivity (Wildman–Crippen MR) is 69.3 cm³/mol. The molecule has 22 heavy (non-hydrogen) atoms. The summed E-state index contributed by atoms with van der Waals surface area (Å²) in [5.74, 6) is -1.61. The second-order valence-corrected chi connectivity index (χ2v) is 5.92. The number of alkyl halides is 3. The van der Waals surface area contributed by atoms with Crippen molar-refractivity contribution >= 4 is 5.78 Å². The minimum atomic E-state index is -4.75. The van der Waals surface area contributed by atoms with Crippen molar-refractivity contribution < 1.29 is 32.2 Å². The lowest BCUT2D eigenvalue weighted by atomic mass is 9.95. The molecule has 2 aliphatic rings. The number of fused-ring (bicyclic) bond motifs is 1. The molecule has 3 atom stereocenters. The van der Waals surface area contributed by atoms with Gasteiger partial charge in [-0.3, -0.25) is 4.79 Å². The molecule has 120 valence electrons. The lowest BCUT2D eigenvalue weighted by Crippen LogP contribution is -2.25. The molecule has 1 aliphatic heterocycles. The van der Waals surface area contributed by atoms with Crippen molar-refractivity contribution in [1.82, 2.24) is 0 Å². The Hall–Kier alpha value is -1.60. The predicted octanol–water partition coefficient (Wildman–Crippen LogP) is 3.16. The number of ketones is 1. The first-order chi connectivity index (χ1) is 10.1. The van der Waals surface area contributed by atoms with Crippen LogP contribution in [0.15, 0.2) is 24.3 Å². The summed E-state index contributed by atoms with van der Waals surface area (Å²) < 4.78 is 52.2. The van der Waals surface area contributed by atoms with E-state index in [1.807, 2.05) is 0 Å². The third kappa shape index (κ3) is 2.96. The quantitative estimate of drug-likeness (QED) is 0.841. The number of hydrogen-bond acceptors (Lipinski definition) is 4. The van der Waals surface area contributed by atoms with Gasteiger partial charge in [0.2, 0.25) is 0 Å². The molecule has 1 aliphatic carbocycles. The van der Waals surface area contributed by atoms with Crippen LogP contribution in [-0.2, 0) is 14.3 Å². The van der Waals surface area contributed by atoms with Crippen LogP contribution in [0, 0.1) is 0 Å². The molecule has 1 saturated carbocycles. The molecule has 2 fully saturated rings. The van der Waals surface area contributed by atoms with Crippen LogP contribution in [0.2, 0.25) is 0 Å². The molecule has 0 N–H and O–H groups in total. The van der Waals surface area contributed by atoms with Gasteiger partial charge in [0.05, 0.1) is 0 Å². The number of ether oxygens (including phenoxy) is 3. The zero-order valence-electron chi connectivity index (χ0n) is 12.0. The molecule has 0 unspecified atom stereocenters. The molecule has 0 bridgehead atoms. The second-order valence-electron chi connectivity index (χ2n) is 5.92. The summed E-state index contributed by atoms with van der Waals surface area (Å²) in [4.78, 5) is 12.0. The molecule has 0 spiro atoms. The van der Waals surface area contributed by atoms with E-state index >= 15 is 0 Å². The van der Waals surface area contributed by atoms with Crippen molar-refractivity contribution in [3.05, 3.63) is 29.8 Å². The summed E-state index contributed by atoms with van der Waals surface area (Å²) in [5, 5.41) is 0. The van der Waals surface area contributed by atoms with E-state index in [1.165, 1.54) is 18.2 Å². The maximum absolute atomic E-state index is 12.3. The summed E-state index contributed by atoms with van der Waals surface area (Å²) in [5.41, 5.74) is 0.573. The van der Waals surface area contributed by atoms with Crippen LogP contribution in [0.3, 0.4) is 0 Å². The summed E-state index contributed by atoms with van der Waals surface area (Å²) in [7, 11) is 0. The van der Waals surface area contributed by atoms with Crippen molar-refractivity contribution in [3.8, 4) is 5.75 Å². The van der Waals surface area contributed by atoms with Crippen molar-refractivity contribution in [1.29, 1.82) is 0 Å². The Kier molecular flexibility index (Phi) is 3.45. The van der Waals surface area contributed by atoms with E-state index in [4.69, 9.17) is 9.47 Å². The molecule has 1 saturated heterocycles. The fraction of sp³-hybridized carbons (Fsp3) is 0.533. The minimum absolute atomic E-state index is 0.0947. The average molecular weight is 316 g/mol. The second kappa shape index (κ2) is 4.96. The van der Waals surface area contributed by atoms with E-state index in [2.05, 4.69) is 4.74 Å². The van der Waals surface area contributed by atoms with Gasteiger partial charge in [0, 0.05) is 12.3 Å². The minimum Gasteiger partial charge on any atom is -0.406 e. The Balaban J connectivity index is 1.85. The van der Waals surface area contributed by atoms with Crippen molar-refractivity contribution in [2.24, 2.45) is 0 Å². The summed E-state index contributed by atoms with van der Waals surface area (Å²) in [6.45, 7) is 3.41. The Morgan fingerprint density at radius 1 is 1.27 bits per heavy atom. The van der Waals surface area contributed by atoms with Gasteiger partial charge in [0.25, 0.3) is 0 Å². The van der Waals surface area contributed by atoms with Gasteiger partial charge in [-0.05, 0) is 31.5 Å². The highest BCUT2D eigenvalue weighted by molar-refractivity contribution is 5.88. The van der Waals surface area contributed by atoms with Crippen LogP contribution >= 0.6 is 0 Å². The Morgan fingerprint density at radius 2 is 2.00 bits per heavy atom. The molecule has 1 aromatic carbocycles. The van der Waals surface area contributed by atoms with E-state index in [0.29, 0.717) is 5.56 Å². The molecule has 4 nitrogen and oxygen atoms in total. The Bertz CT molecular complexity index is 597. The first kappa shape index (κ1) is 15.3. The maximum Gasteiger partial charge on any atom is 0.573 e. The van der Waals surface area contributed by atoms with Crippen molar-refractivity contribution in [2.75, 3.05) is 0 Å². The fourth-order valence-corrected chi connectivity index (χ4v) is 3.03. The van der Waals surface area contributed by atoms with E-state index in [-0.39, 0.29) is 23.9 Å². The highest BCUT2D eigenvalue weighted by Crippen LogP contribution is 2.44. The van der Waals surface area contributed by atoms with Gasteiger partial charge < -0.3 is 14.2 Å². The summed E-state index contributed by atoms with van der Waals surface area (Å²) in [6.07, 6.45) is -5.71. The highest BCUT2D eigenvalue weighted by atomic mass is 19.4. The molecule has 3 rings (SSSR count). The van der Waals surface area contributed by atoms with Gasteiger partial charge in [-0.15, -0.1) is 13.2 Å². The number of carbonyl (C=O) groups is 1. The topological polar surface area (TPSA) is 44.8 Å². The van der Waals surface area contributed by atoms with Crippen molar-refractivity contribution in [2.45, 2.75) is 50.5 Å². The van der Waals surface area contributed by atoms with Gasteiger partial charge >= 0.3 is 6.36 Å². The molecule has 0 radical (unpaired) electrons. The maximum atomic E-state index is 12.3. The van der Waals surface area contributed by atoms with E-state index < -0.39 is 24.4 Å². The van der Waals surface area contributed by atoms with Crippen LogP contribution in [0.4, 0.5) is 13.2 Å². The van der Waals surface area contributed by atoms with Crippen LogP contribution in [0.25, 0.3) is 0 Å². The normalized spacial score (nSPS) is 30.4. The number of benzene rings is 1. The fourth-order valence-electron chi connectivity index (χ4n) is 3.03. The van der Waals surface area contributed by atoms with E-state index in [9.17, 15) is 18.0 Å². The standard InChI is InChI=1S/C15H15F3O4/c1-14(2)21-12-10(7-11(19)13(12)22-14)8-4-3-5-9(6-8)20-15(16,17)18/h3-6,10,12-13H,7H2,1-2H3/t10-,12-,13+/m1/s1. The molecule has 1 aromatic rings. The molecule has 0 aromatic heterocycles. The number of rotatable bonds is 2. The lowest BCUT2D eigenvalue weighted by molar-refractivity contribution is -0.274. The Morgan fingerprint density at radius 3 is 2.68 bits per heavy atom. The molecule has 7 heteroatoms. The molecular formula is C15H15F3O4. The molecule has 1 heterocycles. The first-order valence-corrected chi connectivity index (χ1v) is 6.89. The van der Waals surface area contributed by atoms with Gasteiger partial charge in [0.1, 0.15) is 18.0 Å². The van der Waals surface area contributed by atoms with Crippen LogP contribution < -0.4 is 4.74 Å². The van der Waals surface area contributed by atoms with Crippen molar-refractivity contribution in [3.63, 3.8) is 0 Å². The molecule has 0 amide bonds. The zero-order valence-corrected chi connectivity index (χ0v) is 12.0. The largest absolute Gasteiger partial charge is 0.573 e. The van der Waals surface area contributed by atoms with Gasteiger partial charge in [-0.25, -0.2) is 0 Å². The van der Waals surface area contributed by atoms with E-state index in [0.717, 1.165) is 0 Å². The third-order valence-corrected chi connectivity index (χ3v) is 3.78. The number of Topliss-reactive ketones (excluding diaryl/α,β-unsaturated/α-hetero) is 1. The SMILES string of the molecule is CC1(C)O[C@@H]2[C@@H](c3cccc(OC(F)(F)F)c3)CC(=O)[C@@H]2O1. The first-order valence-electron chi connectivity index (χ1n) is 6.89. The zero-order chi connectivity index (χ0) is 16.1. The summed E-state index contributed by atoms with van der Waals surface area (Å²) in [6, 6.07) is 5.65. The highest BCUT2D eigenvalue weighted by Gasteiger charge is 2.54. The van der Waals surface area contributed by atoms with Gasteiger partial charge in [-0.1, -0.05) is 12.1 Å². The van der Waals surface area contributed by atoms with Crippen LogP contribution in [0.1, 0.15) is 31.7 Å². The molecular weight excluding hydrogens is 301 g/mol. The van der Waals surface area contributed by atoms with Crippen LogP contribution in [0.5, 0.6) is 5.75 Å². The average Bonchev–Trinajstić information content (AvgIpc) is 2.83. The van der Waals surface area contributed by atoms with Gasteiger partial charge in [0.15, 0.2) is 11.6 Å². The smallest absolute Gasteiger partial charge is 0.406 e. The number of hydrogen-bond donors (Lipinski definition) is 0. The summed E-state index contributed by atoms with van der Waals surface area (Å²) >= 11 is 0. The van der Waals surface area contributed by atoms with E-state index in [1.54, 1.807) is 19.9 Å². The Labute approximate surface area is 125 Å². The number of carbonyl (C=O) groups excluding carboxylic acids is 1. The van der Waals surface area contributed by atoms with Gasteiger partial charge in [-0.2, -0.15) is 0 Å².